The number of benzene rings is 2. The summed E-state index contributed by atoms with van der Waals surface area (Å²) in [5, 5.41) is 9.90. The molecule has 0 bridgehead atoms. The topological polar surface area (TPSA) is 62.3 Å². The van der Waals surface area contributed by atoms with Gasteiger partial charge in [0, 0.05) is 30.3 Å². The summed E-state index contributed by atoms with van der Waals surface area (Å²) < 4.78 is 5.69. The van der Waals surface area contributed by atoms with Gasteiger partial charge in [-0.3, -0.25) is 5.41 Å². The number of hydrogen-bond donors (Lipinski definition) is 2. The molecule has 3 N–H and O–H groups in total. The molecule has 0 radical (unpaired) electrons. The van der Waals surface area contributed by atoms with Gasteiger partial charge in [-0.2, -0.15) is 0 Å². The van der Waals surface area contributed by atoms with Gasteiger partial charge in [-0.25, -0.2) is 0 Å². The van der Waals surface area contributed by atoms with Gasteiger partial charge in [0.15, 0.2) is 0 Å². The lowest BCUT2D eigenvalue weighted by Gasteiger charge is -2.30. The van der Waals surface area contributed by atoms with Gasteiger partial charge in [0.1, 0.15) is 5.84 Å². The fourth-order valence-corrected chi connectivity index (χ4v) is 3.23. The lowest BCUT2D eigenvalue weighted by molar-refractivity contribution is 0.118. The highest BCUT2D eigenvalue weighted by Gasteiger charge is 2.28. The molecule has 1 saturated heterocycles. The van der Waals surface area contributed by atoms with Crippen LogP contribution in [0.3, 0.4) is 0 Å². The maximum absolute atomic E-state index is 7.74. The molecule has 2 unspecified atom stereocenters. The molecule has 1 fully saturated rings. The van der Waals surface area contributed by atoms with Gasteiger partial charge in [0.2, 0.25) is 0 Å². The Morgan fingerprint density at radius 3 is 2.57 bits per heavy atom. The summed E-state index contributed by atoms with van der Waals surface area (Å²) >= 11 is 0. The van der Waals surface area contributed by atoms with Crippen LogP contribution in [-0.4, -0.2) is 31.6 Å². The van der Waals surface area contributed by atoms with Crippen molar-refractivity contribution in [2.45, 2.75) is 25.5 Å². The Morgan fingerprint density at radius 1 is 1.24 bits per heavy atom. The number of nitrogen functional groups attached to an aromatic ring is 1. The Kier molecular flexibility index (Phi) is 3.55. The molecule has 0 saturated carbocycles. The number of likely N-dealkylation sites (N-methyl/N-ethyl adjacent to an activating group) is 1. The predicted octanol–water partition coefficient (Wildman–Crippen LogP) is 2.74. The van der Waals surface area contributed by atoms with Crippen molar-refractivity contribution >= 4 is 22.3 Å². The van der Waals surface area contributed by atoms with Crippen LogP contribution in [0.25, 0.3) is 10.8 Å². The minimum atomic E-state index is 0.109. The Morgan fingerprint density at radius 2 is 1.95 bits per heavy atom. The molecule has 2 aromatic rings. The fraction of sp³-hybridized carbons (Fsp3) is 0.353. The number of rotatable bonds is 3. The van der Waals surface area contributed by atoms with Crippen LogP contribution < -0.4 is 10.6 Å². The Bertz CT molecular complexity index is 683. The first-order chi connectivity index (χ1) is 10.1. The van der Waals surface area contributed by atoms with Crippen LogP contribution >= 0.6 is 0 Å². The van der Waals surface area contributed by atoms with Crippen molar-refractivity contribution in [1.82, 2.24) is 0 Å². The first-order valence-corrected chi connectivity index (χ1v) is 7.30. The van der Waals surface area contributed by atoms with Crippen LogP contribution in [0, 0.1) is 5.41 Å². The molecular weight excluding hydrogens is 262 g/mol. The van der Waals surface area contributed by atoms with E-state index in [9.17, 15) is 0 Å². The van der Waals surface area contributed by atoms with E-state index in [2.05, 4.69) is 31.0 Å². The van der Waals surface area contributed by atoms with Gasteiger partial charge in [-0.15, -0.1) is 0 Å². The summed E-state index contributed by atoms with van der Waals surface area (Å²) in [4.78, 5) is 2.30. The third-order valence-corrected chi connectivity index (χ3v) is 4.40. The smallest absolute Gasteiger partial charge is 0.123 e. The molecular formula is C17H21N3O. The molecule has 3 rings (SSSR count). The van der Waals surface area contributed by atoms with E-state index in [0.717, 1.165) is 35.1 Å². The van der Waals surface area contributed by atoms with E-state index >= 15 is 0 Å². The average Bonchev–Trinajstić information content (AvgIpc) is 2.91. The summed E-state index contributed by atoms with van der Waals surface area (Å²) in [6, 6.07) is 12.5. The molecule has 2 aromatic carbocycles. The minimum absolute atomic E-state index is 0.109. The SMILES string of the molecule is CC1OCCC1N(C)c1ccc(C(=N)N)c2ccccc12. The first-order valence-electron chi connectivity index (χ1n) is 7.30. The van der Waals surface area contributed by atoms with Crippen molar-refractivity contribution in [1.29, 1.82) is 5.41 Å². The summed E-state index contributed by atoms with van der Waals surface area (Å²) in [6.45, 7) is 2.94. The highest BCUT2D eigenvalue weighted by atomic mass is 16.5. The molecule has 1 heterocycles. The molecule has 2 atom stereocenters. The van der Waals surface area contributed by atoms with E-state index in [1.165, 1.54) is 0 Å². The minimum Gasteiger partial charge on any atom is -0.384 e. The third-order valence-electron chi connectivity index (χ3n) is 4.40. The number of nitrogens with zero attached hydrogens (tertiary/aromatic N) is 1. The normalized spacial score (nSPS) is 21.6. The van der Waals surface area contributed by atoms with Gasteiger partial charge in [0.05, 0.1) is 12.1 Å². The molecule has 110 valence electrons. The van der Waals surface area contributed by atoms with Gasteiger partial charge in [0.25, 0.3) is 0 Å². The third kappa shape index (κ3) is 2.36. The standard InChI is InChI=1S/C17H21N3O/c1-11-15(9-10-21-11)20(2)16-8-7-14(17(18)19)12-5-3-4-6-13(12)16/h3-8,11,15H,9-10H2,1-2H3,(H3,18,19). The second-order valence-corrected chi connectivity index (χ2v) is 5.63. The number of fused-ring (bicyclic) bond motifs is 1. The fourth-order valence-electron chi connectivity index (χ4n) is 3.23. The van der Waals surface area contributed by atoms with Crippen LogP contribution in [0.2, 0.25) is 0 Å². The molecule has 0 spiro atoms. The molecule has 0 aromatic heterocycles. The van der Waals surface area contributed by atoms with Gasteiger partial charge in [-0.1, -0.05) is 24.3 Å². The zero-order valence-corrected chi connectivity index (χ0v) is 12.5. The molecule has 4 heteroatoms. The number of nitrogens with two attached hydrogens (primary N) is 1. The summed E-state index contributed by atoms with van der Waals surface area (Å²) in [5.74, 6) is 0.109. The zero-order chi connectivity index (χ0) is 15.0. The number of amidine groups is 1. The molecule has 1 aliphatic rings. The largest absolute Gasteiger partial charge is 0.384 e. The van der Waals surface area contributed by atoms with Crippen molar-refractivity contribution in [3.63, 3.8) is 0 Å². The molecule has 1 aliphatic heterocycles. The second-order valence-electron chi connectivity index (χ2n) is 5.63. The molecule has 0 amide bonds. The van der Waals surface area contributed by atoms with Gasteiger partial charge in [-0.05, 0) is 30.9 Å². The van der Waals surface area contributed by atoms with Crippen LogP contribution in [0.1, 0.15) is 18.9 Å². The van der Waals surface area contributed by atoms with Gasteiger partial charge < -0.3 is 15.4 Å². The second kappa shape index (κ2) is 5.37. The Labute approximate surface area is 125 Å². The van der Waals surface area contributed by atoms with Gasteiger partial charge >= 0.3 is 0 Å². The number of hydrogen-bond acceptors (Lipinski definition) is 3. The van der Waals surface area contributed by atoms with E-state index in [1.807, 2.05) is 24.3 Å². The van der Waals surface area contributed by atoms with Crippen molar-refractivity contribution < 1.29 is 4.74 Å². The first kappa shape index (κ1) is 13.9. The van der Waals surface area contributed by atoms with Crippen LogP contribution in [-0.2, 0) is 4.74 Å². The van der Waals surface area contributed by atoms with Crippen molar-refractivity contribution in [2.24, 2.45) is 5.73 Å². The molecule has 4 nitrogen and oxygen atoms in total. The van der Waals surface area contributed by atoms with Crippen LogP contribution in [0.15, 0.2) is 36.4 Å². The maximum atomic E-state index is 7.74. The molecule has 0 aliphatic carbocycles. The van der Waals surface area contributed by atoms with E-state index in [4.69, 9.17) is 15.9 Å². The Balaban J connectivity index is 2.11. The summed E-state index contributed by atoms with van der Waals surface area (Å²) in [7, 11) is 2.12. The van der Waals surface area contributed by atoms with Crippen LogP contribution in [0.4, 0.5) is 5.69 Å². The van der Waals surface area contributed by atoms with Crippen molar-refractivity contribution in [2.75, 3.05) is 18.6 Å². The Hall–Kier alpha value is -2.07. The van der Waals surface area contributed by atoms with E-state index in [1.54, 1.807) is 0 Å². The highest BCUT2D eigenvalue weighted by Crippen LogP contribution is 2.32. The lowest BCUT2D eigenvalue weighted by Crippen LogP contribution is -2.36. The molecule has 21 heavy (non-hydrogen) atoms. The number of anilines is 1. The number of nitrogens with one attached hydrogen (secondary N) is 1. The maximum Gasteiger partial charge on any atom is 0.123 e. The monoisotopic (exact) mass is 283 g/mol. The highest BCUT2D eigenvalue weighted by molar-refractivity contribution is 6.10. The van der Waals surface area contributed by atoms with E-state index < -0.39 is 0 Å². The van der Waals surface area contributed by atoms with Crippen molar-refractivity contribution in [3.05, 3.63) is 42.0 Å². The van der Waals surface area contributed by atoms with E-state index in [-0.39, 0.29) is 11.9 Å². The predicted molar refractivity (Wildman–Crippen MR) is 87.2 cm³/mol. The van der Waals surface area contributed by atoms with Crippen molar-refractivity contribution in [3.8, 4) is 0 Å². The zero-order valence-electron chi connectivity index (χ0n) is 12.5. The quantitative estimate of drug-likeness (QED) is 0.672. The lowest BCUT2D eigenvalue weighted by atomic mass is 10.00. The van der Waals surface area contributed by atoms with Crippen LogP contribution in [0.5, 0.6) is 0 Å². The van der Waals surface area contributed by atoms with E-state index in [0.29, 0.717) is 6.04 Å². The average molecular weight is 283 g/mol. The number of ether oxygens (including phenoxy) is 1. The summed E-state index contributed by atoms with van der Waals surface area (Å²) in [5.41, 5.74) is 7.65. The summed E-state index contributed by atoms with van der Waals surface area (Å²) in [6.07, 6.45) is 1.28.